The summed E-state index contributed by atoms with van der Waals surface area (Å²) in [6.07, 6.45) is 4.05. The minimum absolute atomic E-state index is 0.0205. The molecule has 0 bridgehead atoms. The van der Waals surface area contributed by atoms with Gasteiger partial charge in [-0.15, -0.1) is 0 Å². The average molecular weight is 314 g/mol. The lowest BCUT2D eigenvalue weighted by molar-refractivity contribution is 0.0462. The zero-order valence-corrected chi connectivity index (χ0v) is 12.7. The second-order valence-electron chi connectivity index (χ2n) is 5.87. The van der Waals surface area contributed by atoms with E-state index in [9.17, 15) is 14.3 Å². The van der Waals surface area contributed by atoms with Gasteiger partial charge in [0.05, 0.1) is 11.7 Å². The molecule has 5 heteroatoms. The molecule has 1 aromatic heterocycles. The van der Waals surface area contributed by atoms with E-state index in [2.05, 4.69) is 4.98 Å². The molecule has 23 heavy (non-hydrogen) atoms. The molecule has 1 fully saturated rings. The molecule has 0 saturated carbocycles. The van der Waals surface area contributed by atoms with Crippen molar-refractivity contribution in [3.63, 3.8) is 0 Å². The number of carbonyl (C=O) groups is 1. The van der Waals surface area contributed by atoms with Crippen LogP contribution in [0.15, 0.2) is 48.8 Å². The second kappa shape index (κ2) is 6.87. The van der Waals surface area contributed by atoms with Gasteiger partial charge in [0.15, 0.2) is 0 Å². The van der Waals surface area contributed by atoms with Crippen molar-refractivity contribution in [3.05, 3.63) is 65.7 Å². The number of rotatable bonds is 3. The van der Waals surface area contributed by atoms with Crippen molar-refractivity contribution in [2.45, 2.75) is 18.9 Å². The van der Waals surface area contributed by atoms with Crippen molar-refractivity contribution in [1.29, 1.82) is 0 Å². The SMILES string of the molecule is O=C(c1cccnc1)N1CCC([C@H](O)c2ccc(F)cc2)CC1. The first-order valence-corrected chi connectivity index (χ1v) is 7.78. The van der Waals surface area contributed by atoms with Gasteiger partial charge in [-0.2, -0.15) is 0 Å². The number of aliphatic hydroxyl groups is 1. The summed E-state index contributed by atoms with van der Waals surface area (Å²) in [7, 11) is 0. The monoisotopic (exact) mass is 314 g/mol. The third-order valence-corrected chi connectivity index (χ3v) is 4.39. The third kappa shape index (κ3) is 3.56. The highest BCUT2D eigenvalue weighted by Crippen LogP contribution is 2.31. The number of halogens is 1. The van der Waals surface area contributed by atoms with E-state index in [1.807, 2.05) is 0 Å². The predicted molar refractivity (Wildman–Crippen MR) is 84.2 cm³/mol. The molecule has 4 nitrogen and oxygen atoms in total. The Morgan fingerprint density at radius 2 is 1.91 bits per heavy atom. The molecule has 1 amide bonds. The van der Waals surface area contributed by atoms with E-state index in [1.54, 1.807) is 41.6 Å². The number of amides is 1. The maximum Gasteiger partial charge on any atom is 0.255 e. The number of nitrogens with zero attached hydrogens (tertiary/aromatic N) is 2. The summed E-state index contributed by atoms with van der Waals surface area (Å²) < 4.78 is 13.0. The van der Waals surface area contributed by atoms with E-state index in [0.717, 1.165) is 18.4 Å². The van der Waals surface area contributed by atoms with Gasteiger partial charge < -0.3 is 10.0 Å². The van der Waals surface area contributed by atoms with Crippen molar-refractivity contribution in [3.8, 4) is 0 Å². The normalized spacial score (nSPS) is 17.0. The fourth-order valence-electron chi connectivity index (χ4n) is 3.02. The first-order valence-electron chi connectivity index (χ1n) is 7.78. The molecule has 1 saturated heterocycles. The van der Waals surface area contributed by atoms with Crippen LogP contribution in [0.3, 0.4) is 0 Å². The Bertz CT molecular complexity index is 652. The first-order chi connectivity index (χ1) is 11.1. The Balaban J connectivity index is 1.60. The summed E-state index contributed by atoms with van der Waals surface area (Å²) in [5.41, 5.74) is 1.31. The predicted octanol–water partition coefficient (Wildman–Crippen LogP) is 2.81. The molecule has 120 valence electrons. The lowest BCUT2D eigenvalue weighted by Crippen LogP contribution is -2.39. The summed E-state index contributed by atoms with van der Waals surface area (Å²) in [4.78, 5) is 18.1. The maximum atomic E-state index is 13.0. The molecule has 1 aliphatic heterocycles. The first kappa shape index (κ1) is 15.6. The number of aliphatic hydroxyl groups excluding tert-OH is 1. The highest BCUT2D eigenvalue weighted by Gasteiger charge is 2.28. The van der Waals surface area contributed by atoms with Gasteiger partial charge in [0.2, 0.25) is 0 Å². The molecule has 1 aliphatic rings. The van der Waals surface area contributed by atoms with E-state index in [-0.39, 0.29) is 17.6 Å². The van der Waals surface area contributed by atoms with Gasteiger partial charge in [0.1, 0.15) is 5.82 Å². The van der Waals surface area contributed by atoms with Gasteiger partial charge in [0, 0.05) is 25.5 Å². The molecular weight excluding hydrogens is 295 g/mol. The Morgan fingerprint density at radius 1 is 1.22 bits per heavy atom. The fraction of sp³-hybridized carbons (Fsp3) is 0.333. The van der Waals surface area contributed by atoms with Crippen LogP contribution in [0.2, 0.25) is 0 Å². The topological polar surface area (TPSA) is 53.4 Å². The third-order valence-electron chi connectivity index (χ3n) is 4.39. The number of likely N-dealkylation sites (tertiary alicyclic amines) is 1. The molecule has 2 aromatic rings. The van der Waals surface area contributed by atoms with E-state index in [4.69, 9.17) is 0 Å². The van der Waals surface area contributed by atoms with Crippen LogP contribution in [-0.4, -0.2) is 34.0 Å². The molecule has 3 rings (SSSR count). The van der Waals surface area contributed by atoms with E-state index in [1.165, 1.54) is 12.1 Å². The molecule has 1 aromatic carbocycles. The van der Waals surface area contributed by atoms with Crippen LogP contribution in [0.1, 0.15) is 34.9 Å². The van der Waals surface area contributed by atoms with Crippen LogP contribution in [0.25, 0.3) is 0 Å². The maximum absolute atomic E-state index is 13.0. The number of benzene rings is 1. The Morgan fingerprint density at radius 3 is 2.52 bits per heavy atom. The van der Waals surface area contributed by atoms with E-state index < -0.39 is 6.10 Å². The lowest BCUT2D eigenvalue weighted by atomic mass is 9.87. The number of carbonyl (C=O) groups excluding carboxylic acids is 1. The van der Waals surface area contributed by atoms with Gasteiger partial charge >= 0.3 is 0 Å². The Hall–Kier alpha value is -2.27. The summed E-state index contributed by atoms with van der Waals surface area (Å²) in [6, 6.07) is 9.46. The standard InChI is InChI=1S/C18H19FN2O2/c19-16-5-3-13(4-6-16)17(22)14-7-10-21(11-8-14)18(23)15-2-1-9-20-12-15/h1-6,9,12,14,17,22H,7-8,10-11H2/t17-/m1/s1. The minimum Gasteiger partial charge on any atom is -0.388 e. The number of hydrogen-bond donors (Lipinski definition) is 1. The zero-order valence-electron chi connectivity index (χ0n) is 12.7. The van der Waals surface area contributed by atoms with Gasteiger partial charge in [-0.25, -0.2) is 4.39 Å². The summed E-state index contributed by atoms with van der Waals surface area (Å²) >= 11 is 0. The summed E-state index contributed by atoms with van der Waals surface area (Å²) in [5.74, 6) is -0.246. The van der Waals surface area contributed by atoms with Crippen LogP contribution in [-0.2, 0) is 0 Å². The molecule has 0 spiro atoms. The Labute approximate surface area is 134 Å². The minimum atomic E-state index is -0.619. The van der Waals surface area contributed by atoms with Crippen molar-refractivity contribution >= 4 is 5.91 Å². The highest BCUT2D eigenvalue weighted by molar-refractivity contribution is 5.93. The van der Waals surface area contributed by atoms with Crippen molar-refractivity contribution < 1.29 is 14.3 Å². The molecular formula is C18H19FN2O2. The number of hydrogen-bond acceptors (Lipinski definition) is 3. The molecule has 1 N–H and O–H groups in total. The Kier molecular flexibility index (Phi) is 4.67. The van der Waals surface area contributed by atoms with Crippen molar-refractivity contribution in [2.75, 3.05) is 13.1 Å². The quantitative estimate of drug-likeness (QED) is 0.948. The van der Waals surface area contributed by atoms with Gasteiger partial charge in [-0.3, -0.25) is 9.78 Å². The van der Waals surface area contributed by atoms with Crippen LogP contribution in [0.4, 0.5) is 4.39 Å². The van der Waals surface area contributed by atoms with E-state index >= 15 is 0 Å². The molecule has 1 atom stereocenters. The molecule has 0 aliphatic carbocycles. The average Bonchev–Trinajstić information content (AvgIpc) is 2.62. The molecule has 0 radical (unpaired) electrons. The van der Waals surface area contributed by atoms with Gasteiger partial charge in [-0.1, -0.05) is 12.1 Å². The number of aromatic nitrogens is 1. The van der Waals surface area contributed by atoms with Crippen LogP contribution < -0.4 is 0 Å². The van der Waals surface area contributed by atoms with Crippen molar-refractivity contribution in [2.24, 2.45) is 5.92 Å². The number of pyridine rings is 1. The summed E-state index contributed by atoms with van der Waals surface area (Å²) in [5, 5.41) is 10.4. The highest BCUT2D eigenvalue weighted by atomic mass is 19.1. The summed E-state index contributed by atoms with van der Waals surface area (Å²) in [6.45, 7) is 1.22. The lowest BCUT2D eigenvalue weighted by Gasteiger charge is -2.34. The fourth-order valence-corrected chi connectivity index (χ4v) is 3.02. The van der Waals surface area contributed by atoms with E-state index in [0.29, 0.717) is 18.7 Å². The van der Waals surface area contributed by atoms with Crippen LogP contribution in [0, 0.1) is 11.7 Å². The van der Waals surface area contributed by atoms with Crippen LogP contribution >= 0.6 is 0 Å². The van der Waals surface area contributed by atoms with Gasteiger partial charge in [-0.05, 0) is 48.6 Å². The smallest absolute Gasteiger partial charge is 0.255 e. The largest absolute Gasteiger partial charge is 0.388 e. The molecule has 0 unspecified atom stereocenters. The van der Waals surface area contributed by atoms with Crippen molar-refractivity contribution in [1.82, 2.24) is 9.88 Å². The van der Waals surface area contributed by atoms with Crippen LogP contribution in [0.5, 0.6) is 0 Å². The van der Waals surface area contributed by atoms with Gasteiger partial charge in [0.25, 0.3) is 5.91 Å². The zero-order chi connectivity index (χ0) is 16.2. The number of piperidine rings is 1. The second-order valence-corrected chi connectivity index (χ2v) is 5.87. The molecule has 2 heterocycles.